The molecule has 0 atom stereocenters. The lowest BCUT2D eigenvalue weighted by Crippen LogP contribution is -2.36. The van der Waals surface area contributed by atoms with Crippen LogP contribution in [0.5, 0.6) is 5.75 Å². The fraction of sp³-hybridized carbons (Fsp3) is 0.200. The number of nitrogens with one attached hydrogen (secondary N) is 2. The summed E-state index contributed by atoms with van der Waals surface area (Å²) in [7, 11) is 1.62. The lowest BCUT2D eigenvalue weighted by Gasteiger charge is -2.14. The number of alkyl halides is 2. The third kappa shape index (κ3) is 6.70. The summed E-state index contributed by atoms with van der Waals surface area (Å²) in [5.74, 6) is 1.30. The number of rotatable bonds is 7. The number of ether oxygens (including phenoxy) is 1. The van der Waals surface area contributed by atoms with Crippen molar-refractivity contribution in [3.8, 4) is 17.1 Å². The van der Waals surface area contributed by atoms with Crippen LogP contribution in [0.25, 0.3) is 11.3 Å². The predicted octanol–water partition coefficient (Wildman–Crippen LogP) is 4.43. The molecule has 3 rings (SSSR count). The maximum Gasteiger partial charge on any atom is 0.387 e. The van der Waals surface area contributed by atoms with Crippen molar-refractivity contribution in [1.29, 1.82) is 0 Å². The number of guanidine groups is 1. The van der Waals surface area contributed by atoms with Gasteiger partial charge in [0.05, 0.1) is 6.54 Å². The number of hydrogen-bond donors (Lipinski definition) is 2. The highest BCUT2D eigenvalue weighted by atomic mass is 127. The van der Waals surface area contributed by atoms with E-state index in [1.165, 1.54) is 6.07 Å². The van der Waals surface area contributed by atoms with E-state index in [9.17, 15) is 8.78 Å². The molecule has 0 spiro atoms. The number of hydrogen-bond acceptors (Lipinski definition) is 4. The summed E-state index contributed by atoms with van der Waals surface area (Å²) in [5.41, 5.74) is 2.25. The van der Waals surface area contributed by atoms with E-state index < -0.39 is 6.61 Å². The van der Waals surface area contributed by atoms with E-state index in [1.54, 1.807) is 25.2 Å². The van der Waals surface area contributed by atoms with Gasteiger partial charge in [-0.1, -0.05) is 53.7 Å². The van der Waals surface area contributed by atoms with Crippen molar-refractivity contribution in [2.24, 2.45) is 4.99 Å². The van der Waals surface area contributed by atoms with E-state index >= 15 is 0 Å². The Morgan fingerprint density at radius 1 is 1.07 bits per heavy atom. The number of para-hydroxylation sites is 1. The summed E-state index contributed by atoms with van der Waals surface area (Å²) in [6, 6.07) is 18.1. The average Bonchev–Trinajstić information content (AvgIpc) is 3.18. The minimum atomic E-state index is -2.87. The van der Waals surface area contributed by atoms with Gasteiger partial charge >= 0.3 is 6.61 Å². The fourth-order valence-electron chi connectivity index (χ4n) is 2.57. The van der Waals surface area contributed by atoms with Crippen LogP contribution in [0, 0.1) is 0 Å². The zero-order valence-corrected chi connectivity index (χ0v) is 18.0. The van der Waals surface area contributed by atoms with E-state index in [0.717, 1.165) is 5.56 Å². The molecule has 154 valence electrons. The van der Waals surface area contributed by atoms with E-state index in [2.05, 4.69) is 25.5 Å². The highest BCUT2D eigenvalue weighted by Crippen LogP contribution is 2.20. The topological polar surface area (TPSA) is 71.7 Å². The minimum Gasteiger partial charge on any atom is -0.434 e. The van der Waals surface area contributed by atoms with Crippen molar-refractivity contribution in [3.63, 3.8) is 0 Å². The molecule has 0 saturated heterocycles. The van der Waals surface area contributed by atoms with Crippen LogP contribution in [0.3, 0.4) is 0 Å². The molecule has 29 heavy (non-hydrogen) atoms. The third-order valence-corrected chi connectivity index (χ3v) is 3.91. The van der Waals surface area contributed by atoms with E-state index in [-0.39, 0.29) is 36.3 Å². The maximum absolute atomic E-state index is 12.5. The first kappa shape index (κ1) is 22.6. The molecule has 2 N–H and O–H groups in total. The molecule has 3 aromatic rings. The molecule has 2 aromatic carbocycles. The molecule has 0 fully saturated rings. The Bertz CT molecular complexity index is 920. The van der Waals surface area contributed by atoms with Gasteiger partial charge in [0.2, 0.25) is 0 Å². The second kappa shape index (κ2) is 11.3. The van der Waals surface area contributed by atoms with Gasteiger partial charge in [0, 0.05) is 30.8 Å². The minimum absolute atomic E-state index is 0. The molecule has 1 aromatic heterocycles. The van der Waals surface area contributed by atoms with Crippen molar-refractivity contribution in [2.45, 2.75) is 19.7 Å². The molecule has 0 aliphatic rings. The Kier molecular flexibility index (Phi) is 8.84. The summed E-state index contributed by atoms with van der Waals surface area (Å²) in [4.78, 5) is 4.12. The first-order chi connectivity index (χ1) is 13.7. The molecule has 9 heteroatoms. The Morgan fingerprint density at radius 3 is 2.48 bits per heavy atom. The zero-order chi connectivity index (χ0) is 19.8. The Labute approximate surface area is 184 Å². The van der Waals surface area contributed by atoms with Crippen LogP contribution in [0.1, 0.15) is 11.3 Å². The summed E-state index contributed by atoms with van der Waals surface area (Å²) in [5, 5.41) is 10.2. The summed E-state index contributed by atoms with van der Waals surface area (Å²) >= 11 is 0. The molecule has 0 unspecified atom stereocenters. The quantitative estimate of drug-likeness (QED) is 0.278. The van der Waals surface area contributed by atoms with Gasteiger partial charge in [-0.3, -0.25) is 4.99 Å². The first-order valence-electron chi connectivity index (χ1n) is 8.64. The number of nitrogens with zero attached hydrogens (tertiary/aromatic N) is 2. The zero-order valence-electron chi connectivity index (χ0n) is 15.6. The average molecular weight is 514 g/mol. The van der Waals surface area contributed by atoms with Crippen molar-refractivity contribution in [3.05, 3.63) is 71.9 Å². The lowest BCUT2D eigenvalue weighted by atomic mass is 10.2. The van der Waals surface area contributed by atoms with Crippen LogP contribution in [-0.2, 0) is 13.1 Å². The largest absolute Gasteiger partial charge is 0.434 e. The molecule has 0 radical (unpaired) electrons. The third-order valence-electron chi connectivity index (χ3n) is 3.91. The van der Waals surface area contributed by atoms with Gasteiger partial charge in [0.1, 0.15) is 11.4 Å². The summed E-state index contributed by atoms with van der Waals surface area (Å²) in [6.45, 7) is -2.20. The maximum atomic E-state index is 12.5. The first-order valence-corrected chi connectivity index (χ1v) is 8.64. The molecular formula is C20H21F2IN4O2. The van der Waals surface area contributed by atoms with Crippen LogP contribution >= 0.6 is 24.0 Å². The highest BCUT2D eigenvalue weighted by molar-refractivity contribution is 14.0. The molecule has 0 aliphatic heterocycles. The highest BCUT2D eigenvalue weighted by Gasteiger charge is 2.10. The van der Waals surface area contributed by atoms with E-state index in [4.69, 9.17) is 4.52 Å². The van der Waals surface area contributed by atoms with Crippen LogP contribution in [-0.4, -0.2) is 24.8 Å². The Balaban J connectivity index is 0.00000300. The summed E-state index contributed by atoms with van der Waals surface area (Å²) in [6.07, 6.45) is 0. The number of aromatic nitrogens is 1. The molecule has 1 heterocycles. The van der Waals surface area contributed by atoms with Crippen molar-refractivity contribution in [2.75, 3.05) is 7.05 Å². The Morgan fingerprint density at radius 2 is 1.76 bits per heavy atom. The molecule has 6 nitrogen and oxygen atoms in total. The van der Waals surface area contributed by atoms with Crippen molar-refractivity contribution < 1.29 is 18.0 Å². The van der Waals surface area contributed by atoms with Crippen molar-refractivity contribution in [1.82, 2.24) is 15.8 Å². The second-order valence-electron chi connectivity index (χ2n) is 5.81. The van der Waals surface area contributed by atoms with Crippen LogP contribution in [0.15, 0.2) is 70.2 Å². The molecule has 0 bridgehead atoms. The number of halogens is 3. The van der Waals surface area contributed by atoms with Gasteiger partial charge in [-0.25, -0.2) is 0 Å². The summed E-state index contributed by atoms with van der Waals surface area (Å²) < 4.78 is 34.9. The SMILES string of the molecule is CN=C(NCc1cc(-c2ccccc2)on1)NCc1ccccc1OC(F)F.I. The van der Waals surface area contributed by atoms with Crippen molar-refractivity contribution >= 4 is 29.9 Å². The normalized spacial score (nSPS) is 11.1. The number of aliphatic imine (C=N–C) groups is 1. The van der Waals surface area contributed by atoms with Crippen LogP contribution in [0.4, 0.5) is 8.78 Å². The van der Waals surface area contributed by atoms with Crippen LogP contribution in [0.2, 0.25) is 0 Å². The smallest absolute Gasteiger partial charge is 0.387 e. The standard InChI is InChI=1S/C20H20F2N4O2.HI/c1-23-20(24-12-15-9-5-6-10-17(15)27-19(21)22)25-13-16-11-18(28-26-16)14-7-3-2-4-8-14;/h2-11,19H,12-13H2,1H3,(H2,23,24,25);1H. The van der Waals surface area contributed by atoms with Gasteiger partial charge in [0.15, 0.2) is 11.7 Å². The van der Waals surface area contributed by atoms with Gasteiger partial charge in [-0.2, -0.15) is 8.78 Å². The van der Waals surface area contributed by atoms with Gasteiger partial charge in [0.25, 0.3) is 0 Å². The molecule has 0 amide bonds. The van der Waals surface area contributed by atoms with Crippen LogP contribution < -0.4 is 15.4 Å². The predicted molar refractivity (Wildman–Crippen MR) is 117 cm³/mol. The molecule has 0 aliphatic carbocycles. The van der Waals surface area contributed by atoms with E-state index in [1.807, 2.05) is 36.4 Å². The van der Waals surface area contributed by atoms with Gasteiger partial charge in [-0.05, 0) is 6.07 Å². The number of benzene rings is 2. The van der Waals surface area contributed by atoms with Gasteiger partial charge in [-0.15, -0.1) is 24.0 Å². The van der Waals surface area contributed by atoms with Gasteiger partial charge < -0.3 is 19.9 Å². The fourth-order valence-corrected chi connectivity index (χ4v) is 2.57. The monoisotopic (exact) mass is 514 g/mol. The molecular weight excluding hydrogens is 493 g/mol. The molecule has 0 saturated carbocycles. The van der Waals surface area contributed by atoms with E-state index in [0.29, 0.717) is 29.5 Å². The Hall–Kier alpha value is -2.69. The lowest BCUT2D eigenvalue weighted by molar-refractivity contribution is -0.0504. The second-order valence-corrected chi connectivity index (χ2v) is 5.81.